The van der Waals surface area contributed by atoms with Crippen LogP contribution in [0.2, 0.25) is 0 Å². The normalized spacial score (nSPS) is 14.6. The minimum absolute atomic E-state index is 0.0380. The summed E-state index contributed by atoms with van der Waals surface area (Å²) in [5.74, 6) is -0.0380. The van der Waals surface area contributed by atoms with Gasteiger partial charge in [-0.3, -0.25) is 9.78 Å². The molecule has 0 aromatic carbocycles. The Kier molecular flexibility index (Phi) is 4.60. The minimum atomic E-state index is -0.0380. The Morgan fingerprint density at radius 1 is 1.18 bits per heavy atom. The van der Waals surface area contributed by atoms with Crippen molar-refractivity contribution in [3.05, 3.63) is 54.1 Å². The number of carbonyl (C=O) groups excluding carboxylic acids is 1. The van der Waals surface area contributed by atoms with E-state index in [0.717, 1.165) is 11.3 Å². The second-order valence-corrected chi connectivity index (χ2v) is 5.05. The average Bonchev–Trinajstić information content (AvgIpc) is 2.61. The van der Waals surface area contributed by atoms with E-state index in [4.69, 9.17) is 4.74 Å². The summed E-state index contributed by atoms with van der Waals surface area (Å²) in [5, 5.41) is 3.27. The standard InChI is InChI=1S/C16H18N4O2/c21-16(20-7-9-22-10-8-20)15-2-1-14(12-19-15)18-11-13-3-5-17-6-4-13/h1-6,12,18H,7-11H2. The lowest BCUT2D eigenvalue weighted by atomic mass is 10.2. The largest absolute Gasteiger partial charge is 0.380 e. The lowest BCUT2D eigenvalue weighted by molar-refractivity contribution is 0.0299. The fraction of sp³-hybridized carbons (Fsp3) is 0.312. The monoisotopic (exact) mass is 298 g/mol. The van der Waals surface area contributed by atoms with Crippen molar-refractivity contribution in [2.24, 2.45) is 0 Å². The fourth-order valence-electron chi connectivity index (χ4n) is 2.26. The zero-order valence-electron chi connectivity index (χ0n) is 12.2. The van der Waals surface area contributed by atoms with Crippen LogP contribution in [0.5, 0.6) is 0 Å². The van der Waals surface area contributed by atoms with E-state index in [-0.39, 0.29) is 5.91 Å². The molecule has 0 aliphatic carbocycles. The van der Waals surface area contributed by atoms with Gasteiger partial charge in [-0.15, -0.1) is 0 Å². The molecular formula is C16H18N4O2. The van der Waals surface area contributed by atoms with E-state index in [0.29, 0.717) is 38.5 Å². The van der Waals surface area contributed by atoms with E-state index in [1.54, 1.807) is 29.6 Å². The smallest absolute Gasteiger partial charge is 0.272 e. The van der Waals surface area contributed by atoms with Gasteiger partial charge in [0.25, 0.3) is 5.91 Å². The van der Waals surface area contributed by atoms with Crippen molar-refractivity contribution >= 4 is 11.6 Å². The number of morpholine rings is 1. The van der Waals surface area contributed by atoms with Crippen molar-refractivity contribution in [2.75, 3.05) is 31.6 Å². The first-order valence-electron chi connectivity index (χ1n) is 7.29. The molecule has 1 aliphatic heterocycles. The average molecular weight is 298 g/mol. The molecule has 3 rings (SSSR count). The Balaban J connectivity index is 1.59. The lowest BCUT2D eigenvalue weighted by Gasteiger charge is -2.26. The van der Waals surface area contributed by atoms with Gasteiger partial charge in [0.15, 0.2) is 0 Å². The van der Waals surface area contributed by atoms with Gasteiger partial charge >= 0.3 is 0 Å². The Morgan fingerprint density at radius 3 is 2.64 bits per heavy atom. The van der Waals surface area contributed by atoms with Crippen molar-refractivity contribution < 1.29 is 9.53 Å². The zero-order chi connectivity index (χ0) is 15.2. The molecule has 1 saturated heterocycles. The third-order valence-electron chi connectivity index (χ3n) is 3.53. The van der Waals surface area contributed by atoms with E-state index in [9.17, 15) is 4.79 Å². The van der Waals surface area contributed by atoms with Crippen LogP contribution < -0.4 is 5.32 Å². The first-order chi connectivity index (χ1) is 10.8. The first kappa shape index (κ1) is 14.5. The molecule has 22 heavy (non-hydrogen) atoms. The van der Waals surface area contributed by atoms with Crippen molar-refractivity contribution in [3.8, 4) is 0 Å². The molecule has 0 unspecified atom stereocenters. The summed E-state index contributed by atoms with van der Waals surface area (Å²) in [6.45, 7) is 3.14. The number of hydrogen-bond donors (Lipinski definition) is 1. The Hall–Kier alpha value is -2.47. The van der Waals surface area contributed by atoms with Gasteiger partial charge in [-0.05, 0) is 29.8 Å². The number of pyridine rings is 2. The summed E-state index contributed by atoms with van der Waals surface area (Å²) in [6, 6.07) is 7.54. The third kappa shape index (κ3) is 3.59. The number of nitrogens with zero attached hydrogens (tertiary/aromatic N) is 3. The number of amides is 1. The quantitative estimate of drug-likeness (QED) is 0.928. The van der Waals surface area contributed by atoms with Crippen molar-refractivity contribution in [1.82, 2.24) is 14.9 Å². The molecule has 1 fully saturated rings. The lowest BCUT2D eigenvalue weighted by Crippen LogP contribution is -2.41. The van der Waals surface area contributed by atoms with Crippen LogP contribution in [0.3, 0.4) is 0 Å². The van der Waals surface area contributed by atoms with Gasteiger partial charge in [0.05, 0.1) is 25.1 Å². The van der Waals surface area contributed by atoms with Gasteiger partial charge in [-0.2, -0.15) is 0 Å². The van der Waals surface area contributed by atoms with Crippen molar-refractivity contribution in [2.45, 2.75) is 6.54 Å². The molecule has 0 atom stereocenters. The molecule has 114 valence electrons. The second kappa shape index (κ2) is 7.00. The van der Waals surface area contributed by atoms with Crippen LogP contribution in [-0.4, -0.2) is 47.1 Å². The molecule has 6 nitrogen and oxygen atoms in total. The van der Waals surface area contributed by atoms with Gasteiger partial charge in [-0.1, -0.05) is 0 Å². The molecule has 2 aromatic heterocycles. The Bertz CT molecular complexity index is 610. The highest BCUT2D eigenvalue weighted by molar-refractivity contribution is 5.92. The number of nitrogens with one attached hydrogen (secondary N) is 1. The molecule has 1 N–H and O–H groups in total. The second-order valence-electron chi connectivity index (χ2n) is 5.05. The molecule has 0 spiro atoms. The van der Waals surface area contributed by atoms with Gasteiger partial charge in [-0.25, -0.2) is 4.98 Å². The van der Waals surface area contributed by atoms with E-state index >= 15 is 0 Å². The molecule has 1 aliphatic rings. The van der Waals surface area contributed by atoms with Crippen LogP contribution >= 0.6 is 0 Å². The highest BCUT2D eigenvalue weighted by Gasteiger charge is 2.19. The van der Waals surface area contributed by atoms with E-state index < -0.39 is 0 Å². The molecule has 0 saturated carbocycles. The summed E-state index contributed by atoms with van der Waals surface area (Å²) in [5.41, 5.74) is 2.50. The van der Waals surface area contributed by atoms with E-state index in [1.807, 2.05) is 18.2 Å². The van der Waals surface area contributed by atoms with Crippen LogP contribution in [0.15, 0.2) is 42.9 Å². The van der Waals surface area contributed by atoms with Crippen LogP contribution in [0.4, 0.5) is 5.69 Å². The van der Waals surface area contributed by atoms with E-state index in [1.165, 1.54) is 0 Å². The summed E-state index contributed by atoms with van der Waals surface area (Å²) >= 11 is 0. The summed E-state index contributed by atoms with van der Waals surface area (Å²) < 4.78 is 5.25. The molecule has 6 heteroatoms. The van der Waals surface area contributed by atoms with E-state index in [2.05, 4.69) is 15.3 Å². The van der Waals surface area contributed by atoms with Crippen molar-refractivity contribution in [1.29, 1.82) is 0 Å². The van der Waals surface area contributed by atoms with Crippen LogP contribution in [0.1, 0.15) is 16.1 Å². The molecule has 0 bridgehead atoms. The topological polar surface area (TPSA) is 67.4 Å². The fourth-order valence-corrected chi connectivity index (χ4v) is 2.26. The minimum Gasteiger partial charge on any atom is -0.380 e. The SMILES string of the molecule is O=C(c1ccc(NCc2ccncc2)cn1)N1CCOCC1. The van der Waals surface area contributed by atoms with Gasteiger partial charge in [0.2, 0.25) is 0 Å². The summed E-state index contributed by atoms with van der Waals surface area (Å²) in [7, 11) is 0. The maximum absolute atomic E-state index is 12.3. The highest BCUT2D eigenvalue weighted by Crippen LogP contribution is 2.11. The van der Waals surface area contributed by atoms with Gasteiger partial charge < -0.3 is 15.0 Å². The number of rotatable bonds is 4. The summed E-state index contributed by atoms with van der Waals surface area (Å²) in [6.07, 6.45) is 5.22. The summed E-state index contributed by atoms with van der Waals surface area (Å²) in [4.78, 5) is 22.3. The number of aromatic nitrogens is 2. The maximum atomic E-state index is 12.3. The molecular weight excluding hydrogens is 280 g/mol. The Morgan fingerprint density at radius 2 is 1.95 bits per heavy atom. The van der Waals surface area contributed by atoms with Crippen LogP contribution in [-0.2, 0) is 11.3 Å². The van der Waals surface area contributed by atoms with Gasteiger partial charge in [0.1, 0.15) is 5.69 Å². The Labute approximate surface area is 129 Å². The predicted octanol–water partition coefficient (Wildman–Crippen LogP) is 1.56. The maximum Gasteiger partial charge on any atom is 0.272 e. The molecule has 3 heterocycles. The number of carbonyl (C=O) groups is 1. The first-order valence-corrected chi connectivity index (χ1v) is 7.29. The molecule has 0 radical (unpaired) electrons. The highest BCUT2D eigenvalue weighted by atomic mass is 16.5. The molecule has 2 aromatic rings. The van der Waals surface area contributed by atoms with Crippen LogP contribution in [0.25, 0.3) is 0 Å². The van der Waals surface area contributed by atoms with Gasteiger partial charge in [0, 0.05) is 32.0 Å². The third-order valence-corrected chi connectivity index (χ3v) is 3.53. The zero-order valence-corrected chi connectivity index (χ0v) is 12.2. The van der Waals surface area contributed by atoms with Crippen molar-refractivity contribution in [3.63, 3.8) is 0 Å². The number of hydrogen-bond acceptors (Lipinski definition) is 5. The number of anilines is 1. The molecule has 1 amide bonds. The number of ether oxygens (including phenoxy) is 1. The van der Waals surface area contributed by atoms with Crippen LogP contribution in [0, 0.1) is 0 Å². The predicted molar refractivity (Wildman–Crippen MR) is 82.5 cm³/mol.